The molecule has 0 radical (unpaired) electrons. The van der Waals surface area contributed by atoms with Crippen LogP contribution in [0.2, 0.25) is 0 Å². The topological polar surface area (TPSA) is 129 Å². The molecule has 0 spiro atoms. The molecule has 0 bridgehead atoms. The average Bonchev–Trinajstić information content (AvgIpc) is 3.45. The summed E-state index contributed by atoms with van der Waals surface area (Å²) in [6.45, 7) is 3.66. The Morgan fingerprint density at radius 3 is 2.62 bits per heavy atom. The second kappa shape index (κ2) is 11.8. The van der Waals surface area contributed by atoms with Crippen molar-refractivity contribution in [3.8, 4) is 16.3 Å². The van der Waals surface area contributed by atoms with Crippen LogP contribution >= 0.6 is 11.3 Å². The van der Waals surface area contributed by atoms with Gasteiger partial charge in [0.25, 0.3) is 11.8 Å². The van der Waals surface area contributed by atoms with Crippen LogP contribution in [-0.4, -0.2) is 84.7 Å². The minimum absolute atomic E-state index is 0.0372. The molecule has 2 aromatic carbocycles. The van der Waals surface area contributed by atoms with Gasteiger partial charge in [-0.1, -0.05) is 25.1 Å². The first-order valence-electron chi connectivity index (χ1n) is 12.4. The van der Waals surface area contributed by atoms with E-state index in [-0.39, 0.29) is 48.5 Å². The van der Waals surface area contributed by atoms with Crippen molar-refractivity contribution in [2.24, 2.45) is 5.92 Å². The fraction of sp³-hybridized carbons (Fsp3) is 0.370. The number of amides is 2. The van der Waals surface area contributed by atoms with E-state index >= 15 is 0 Å². The molecule has 0 saturated carbocycles. The van der Waals surface area contributed by atoms with Gasteiger partial charge in [-0.3, -0.25) is 9.59 Å². The van der Waals surface area contributed by atoms with Crippen molar-refractivity contribution in [3.63, 3.8) is 0 Å². The smallest absolute Gasteiger partial charge is 0.258 e. The molecule has 2 N–H and O–H groups in total. The van der Waals surface area contributed by atoms with Crippen molar-refractivity contribution >= 4 is 38.9 Å². The minimum Gasteiger partial charge on any atom is -0.486 e. The SMILES string of the molecule is C[C@H]1CN([C@@H](C)CO)C(=O)c2cccc(NC(=O)c3ccc(-c4nccs4)cc3)c2O[C@H]1CN(C)S(C)(=O)=O. The zero-order valence-electron chi connectivity index (χ0n) is 22.2. The molecule has 0 unspecified atom stereocenters. The van der Waals surface area contributed by atoms with Gasteiger partial charge < -0.3 is 20.1 Å². The first-order valence-corrected chi connectivity index (χ1v) is 15.2. The fourth-order valence-corrected chi connectivity index (χ4v) is 5.34. The monoisotopic (exact) mass is 572 g/mol. The van der Waals surface area contributed by atoms with Gasteiger partial charge >= 0.3 is 0 Å². The van der Waals surface area contributed by atoms with Crippen molar-refractivity contribution in [1.82, 2.24) is 14.2 Å². The van der Waals surface area contributed by atoms with E-state index in [2.05, 4.69) is 10.3 Å². The van der Waals surface area contributed by atoms with Gasteiger partial charge in [0.2, 0.25) is 10.0 Å². The summed E-state index contributed by atoms with van der Waals surface area (Å²) in [6.07, 6.45) is 2.19. The Bertz CT molecular complexity index is 1430. The maximum absolute atomic E-state index is 13.6. The molecule has 10 nitrogen and oxygen atoms in total. The summed E-state index contributed by atoms with van der Waals surface area (Å²) in [4.78, 5) is 32.6. The molecule has 1 aliphatic heterocycles. The third-order valence-corrected chi connectivity index (χ3v) is 8.87. The van der Waals surface area contributed by atoms with Crippen LogP contribution < -0.4 is 10.1 Å². The fourth-order valence-electron chi connectivity index (χ4n) is 4.27. The summed E-state index contributed by atoms with van der Waals surface area (Å²) in [5, 5.41) is 15.4. The quantitative estimate of drug-likeness (QED) is 0.424. The number of aliphatic hydroxyl groups is 1. The van der Waals surface area contributed by atoms with Gasteiger partial charge in [-0.2, -0.15) is 0 Å². The molecule has 208 valence electrons. The minimum atomic E-state index is -3.50. The number of fused-ring (bicyclic) bond motifs is 1. The van der Waals surface area contributed by atoms with Gasteiger partial charge in [0, 0.05) is 42.2 Å². The molecule has 39 heavy (non-hydrogen) atoms. The lowest BCUT2D eigenvalue weighted by atomic mass is 9.99. The normalized spacial score (nSPS) is 18.6. The molecule has 3 aromatic rings. The van der Waals surface area contributed by atoms with E-state index in [1.165, 1.54) is 22.7 Å². The number of anilines is 1. The Hall–Kier alpha value is -3.32. The van der Waals surface area contributed by atoms with Crippen LogP contribution in [0, 0.1) is 5.92 Å². The van der Waals surface area contributed by atoms with E-state index in [1.54, 1.807) is 48.4 Å². The predicted molar refractivity (Wildman–Crippen MR) is 151 cm³/mol. The number of ether oxygens (including phenoxy) is 1. The third-order valence-electron chi connectivity index (χ3n) is 6.77. The average molecular weight is 573 g/mol. The second-order valence-corrected chi connectivity index (χ2v) is 12.7. The Kier molecular flexibility index (Phi) is 8.70. The highest BCUT2D eigenvalue weighted by Crippen LogP contribution is 2.35. The number of para-hydroxylation sites is 1. The number of carbonyl (C=O) groups is 2. The molecule has 2 heterocycles. The molecule has 0 fully saturated rings. The van der Waals surface area contributed by atoms with Crippen LogP contribution in [0.15, 0.2) is 54.0 Å². The Labute approximate surface area is 232 Å². The number of sulfonamides is 1. The number of hydrogen-bond donors (Lipinski definition) is 2. The summed E-state index contributed by atoms with van der Waals surface area (Å²) in [5.41, 5.74) is 1.80. The lowest BCUT2D eigenvalue weighted by Gasteiger charge is -2.38. The summed E-state index contributed by atoms with van der Waals surface area (Å²) in [5.74, 6) is -0.880. The first kappa shape index (κ1) is 28.7. The van der Waals surface area contributed by atoms with Crippen molar-refractivity contribution in [1.29, 1.82) is 0 Å². The van der Waals surface area contributed by atoms with Crippen molar-refractivity contribution in [2.75, 3.05) is 38.3 Å². The molecular weight excluding hydrogens is 540 g/mol. The maximum atomic E-state index is 13.6. The van der Waals surface area contributed by atoms with Crippen LogP contribution in [0.5, 0.6) is 5.75 Å². The number of aromatic nitrogens is 1. The summed E-state index contributed by atoms with van der Waals surface area (Å²) >= 11 is 1.50. The standard InChI is InChI=1S/C27H32N4O6S2/c1-17-14-31(18(2)16-32)27(34)21-6-5-7-22(24(21)37-23(17)15-30(3)39(4,35)36)29-25(33)19-8-10-20(11-9-19)26-28-12-13-38-26/h5-13,17-18,23,32H,14-16H2,1-4H3,(H,29,33)/t17-,18-,23-/m0/s1. The summed E-state index contributed by atoms with van der Waals surface area (Å²) in [6, 6.07) is 11.4. The van der Waals surface area contributed by atoms with Gasteiger partial charge in [0.15, 0.2) is 5.75 Å². The highest BCUT2D eigenvalue weighted by atomic mass is 32.2. The van der Waals surface area contributed by atoms with Gasteiger partial charge in [0.1, 0.15) is 11.1 Å². The van der Waals surface area contributed by atoms with Crippen LogP contribution in [0.3, 0.4) is 0 Å². The van der Waals surface area contributed by atoms with Gasteiger partial charge in [0.05, 0.1) is 36.7 Å². The Morgan fingerprint density at radius 1 is 1.28 bits per heavy atom. The summed E-state index contributed by atoms with van der Waals surface area (Å²) < 4.78 is 31.9. The Morgan fingerprint density at radius 2 is 2.00 bits per heavy atom. The molecule has 2 amide bonds. The highest BCUT2D eigenvalue weighted by Gasteiger charge is 2.35. The van der Waals surface area contributed by atoms with E-state index in [1.807, 2.05) is 24.4 Å². The van der Waals surface area contributed by atoms with Crippen LogP contribution in [0.25, 0.3) is 10.6 Å². The van der Waals surface area contributed by atoms with Crippen LogP contribution in [0.1, 0.15) is 34.6 Å². The van der Waals surface area contributed by atoms with Crippen LogP contribution in [-0.2, 0) is 10.0 Å². The van der Waals surface area contributed by atoms with E-state index in [4.69, 9.17) is 4.74 Å². The largest absolute Gasteiger partial charge is 0.486 e. The second-order valence-electron chi connectivity index (χ2n) is 9.72. The first-order chi connectivity index (χ1) is 18.5. The van der Waals surface area contributed by atoms with Crippen molar-refractivity contribution in [3.05, 3.63) is 65.2 Å². The number of carbonyl (C=O) groups excluding carboxylic acids is 2. The van der Waals surface area contributed by atoms with Crippen molar-refractivity contribution in [2.45, 2.75) is 26.0 Å². The third kappa shape index (κ3) is 6.47. The van der Waals surface area contributed by atoms with Gasteiger partial charge in [-0.05, 0) is 31.2 Å². The van der Waals surface area contributed by atoms with Crippen molar-refractivity contribution < 1.29 is 27.9 Å². The molecule has 3 atom stereocenters. The number of likely N-dealkylation sites (N-methyl/N-ethyl adjacent to an activating group) is 1. The number of nitrogens with one attached hydrogen (secondary N) is 1. The molecule has 0 aliphatic carbocycles. The Balaban J connectivity index is 1.69. The summed E-state index contributed by atoms with van der Waals surface area (Å²) in [7, 11) is -2.03. The molecule has 1 aliphatic rings. The number of aliphatic hydroxyl groups excluding tert-OH is 1. The van der Waals surface area contributed by atoms with Crippen LogP contribution in [0.4, 0.5) is 5.69 Å². The number of nitrogens with zero attached hydrogens (tertiary/aromatic N) is 3. The van der Waals surface area contributed by atoms with Gasteiger partial charge in [-0.15, -0.1) is 11.3 Å². The molecule has 12 heteroatoms. The maximum Gasteiger partial charge on any atom is 0.258 e. The molecule has 4 rings (SSSR count). The molecule has 1 aromatic heterocycles. The zero-order chi connectivity index (χ0) is 28.3. The highest BCUT2D eigenvalue weighted by molar-refractivity contribution is 7.88. The van der Waals surface area contributed by atoms with E-state index < -0.39 is 28.1 Å². The number of rotatable bonds is 8. The number of benzene rings is 2. The lowest BCUT2D eigenvalue weighted by molar-refractivity contribution is 0.0389. The zero-order valence-corrected chi connectivity index (χ0v) is 23.8. The number of hydrogen-bond acceptors (Lipinski definition) is 8. The lowest BCUT2D eigenvalue weighted by Crippen LogP contribution is -2.50. The molecular formula is C27H32N4O6S2. The van der Waals surface area contributed by atoms with E-state index in [9.17, 15) is 23.1 Å². The predicted octanol–water partition coefficient (Wildman–Crippen LogP) is 3.17. The van der Waals surface area contributed by atoms with E-state index in [0.29, 0.717) is 5.56 Å². The molecule has 0 saturated heterocycles. The number of thiazole rings is 1. The van der Waals surface area contributed by atoms with Gasteiger partial charge in [-0.25, -0.2) is 17.7 Å². The van der Waals surface area contributed by atoms with E-state index in [0.717, 1.165) is 16.8 Å².